The summed E-state index contributed by atoms with van der Waals surface area (Å²) in [6.07, 6.45) is 2.03. The van der Waals surface area contributed by atoms with E-state index in [0.717, 1.165) is 24.5 Å². The summed E-state index contributed by atoms with van der Waals surface area (Å²) in [5, 5.41) is 11.8. The van der Waals surface area contributed by atoms with E-state index in [-0.39, 0.29) is 6.03 Å². The number of piperazine rings is 1. The molecule has 0 spiro atoms. The Labute approximate surface area is 152 Å². The Morgan fingerprint density at radius 1 is 1.04 bits per heavy atom. The Kier molecular flexibility index (Phi) is 5.46. The minimum absolute atomic E-state index is 0.0589. The molecule has 1 aliphatic rings. The average Bonchev–Trinajstić information content (AvgIpc) is 2.69. The molecule has 0 unspecified atom stereocenters. The highest BCUT2D eigenvalue weighted by atomic mass is 32.2. The van der Waals surface area contributed by atoms with Crippen molar-refractivity contribution in [1.82, 2.24) is 4.90 Å². The van der Waals surface area contributed by atoms with Gasteiger partial charge in [0.1, 0.15) is 0 Å². The van der Waals surface area contributed by atoms with Gasteiger partial charge in [-0.1, -0.05) is 0 Å². The van der Waals surface area contributed by atoms with E-state index in [1.54, 1.807) is 11.8 Å². The summed E-state index contributed by atoms with van der Waals surface area (Å²) in [4.78, 5) is 17.6. The molecular weight excluding hydrogens is 332 g/mol. The first-order valence-electron chi connectivity index (χ1n) is 8.14. The topological polar surface area (TPSA) is 59.4 Å². The molecule has 1 aliphatic heterocycles. The van der Waals surface area contributed by atoms with Crippen molar-refractivity contribution in [2.45, 2.75) is 4.90 Å². The molecule has 1 N–H and O–H groups in total. The SMILES string of the molecule is CSc1ccc(NC(=O)N2CCN(c3ccc(C#N)cc3)CC2)cc1. The number of nitriles is 1. The highest BCUT2D eigenvalue weighted by Gasteiger charge is 2.21. The van der Waals surface area contributed by atoms with Gasteiger partial charge in [0.15, 0.2) is 0 Å². The lowest BCUT2D eigenvalue weighted by molar-refractivity contribution is 0.208. The molecule has 25 heavy (non-hydrogen) atoms. The van der Waals surface area contributed by atoms with Crippen molar-refractivity contribution in [2.24, 2.45) is 0 Å². The maximum absolute atomic E-state index is 12.4. The first-order chi connectivity index (χ1) is 12.2. The third kappa shape index (κ3) is 4.25. The Balaban J connectivity index is 1.53. The van der Waals surface area contributed by atoms with Crippen LogP contribution in [0.25, 0.3) is 0 Å². The largest absolute Gasteiger partial charge is 0.368 e. The third-order valence-electron chi connectivity index (χ3n) is 4.27. The van der Waals surface area contributed by atoms with Crippen molar-refractivity contribution in [3.63, 3.8) is 0 Å². The number of hydrogen-bond donors (Lipinski definition) is 1. The van der Waals surface area contributed by atoms with E-state index in [1.807, 2.05) is 59.7 Å². The van der Waals surface area contributed by atoms with Gasteiger partial charge < -0.3 is 15.1 Å². The number of carbonyl (C=O) groups excluding carboxylic acids is 1. The fraction of sp³-hybridized carbons (Fsp3) is 0.263. The molecule has 6 heteroatoms. The first kappa shape index (κ1) is 17.2. The fourth-order valence-electron chi connectivity index (χ4n) is 2.79. The quantitative estimate of drug-likeness (QED) is 0.857. The van der Waals surface area contributed by atoms with Crippen LogP contribution in [0.1, 0.15) is 5.56 Å². The normalized spacial score (nSPS) is 14.1. The lowest BCUT2D eigenvalue weighted by Crippen LogP contribution is -2.50. The van der Waals surface area contributed by atoms with E-state index < -0.39 is 0 Å². The predicted octanol–water partition coefficient (Wildman–Crippen LogP) is 3.63. The van der Waals surface area contributed by atoms with Gasteiger partial charge in [-0.3, -0.25) is 0 Å². The van der Waals surface area contributed by atoms with E-state index in [9.17, 15) is 4.79 Å². The van der Waals surface area contributed by atoms with Gasteiger partial charge in [0.05, 0.1) is 11.6 Å². The van der Waals surface area contributed by atoms with Gasteiger partial charge in [0, 0.05) is 42.4 Å². The molecule has 2 aromatic carbocycles. The second-order valence-corrected chi connectivity index (χ2v) is 6.67. The van der Waals surface area contributed by atoms with Gasteiger partial charge in [0.2, 0.25) is 0 Å². The molecule has 2 aromatic rings. The molecule has 1 saturated heterocycles. The maximum Gasteiger partial charge on any atom is 0.321 e. The van der Waals surface area contributed by atoms with E-state index in [4.69, 9.17) is 5.26 Å². The number of nitrogens with one attached hydrogen (secondary N) is 1. The molecule has 128 valence electrons. The summed E-state index contributed by atoms with van der Waals surface area (Å²) < 4.78 is 0. The van der Waals surface area contributed by atoms with Crippen LogP contribution in [0.2, 0.25) is 0 Å². The molecule has 3 rings (SSSR count). The van der Waals surface area contributed by atoms with Crippen molar-refractivity contribution < 1.29 is 4.79 Å². The molecule has 5 nitrogen and oxygen atoms in total. The second kappa shape index (κ2) is 7.95. The average molecular weight is 352 g/mol. The number of urea groups is 1. The number of rotatable bonds is 3. The number of hydrogen-bond acceptors (Lipinski definition) is 4. The Morgan fingerprint density at radius 2 is 1.68 bits per heavy atom. The van der Waals surface area contributed by atoms with Crippen molar-refractivity contribution in [3.8, 4) is 6.07 Å². The van der Waals surface area contributed by atoms with Crippen molar-refractivity contribution in [3.05, 3.63) is 54.1 Å². The number of anilines is 2. The Morgan fingerprint density at radius 3 is 2.24 bits per heavy atom. The van der Waals surface area contributed by atoms with Crippen LogP contribution >= 0.6 is 11.8 Å². The van der Waals surface area contributed by atoms with Crippen molar-refractivity contribution in [2.75, 3.05) is 42.7 Å². The standard InChI is InChI=1S/C19H20N4OS/c1-25-18-8-4-16(5-9-18)21-19(24)23-12-10-22(11-13-23)17-6-2-15(14-20)3-7-17/h2-9H,10-13H2,1H3,(H,21,24). The Hall–Kier alpha value is -2.65. The van der Waals surface area contributed by atoms with Crippen LogP contribution in [0.15, 0.2) is 53.4 Å². The van der Waals surface area contributed by atoms with Gasteiger partial charge in [-0.25, -0.2) is 4.79 Å². The zero-order chi connectivity index (χ0) is 17.6. The van der Waals surface area contributed by atoms with E-state index in [2.05, 4.69) is 16.3 Å². The molecule has 0 saturated carbocycles. The molecule has 0 aliphatic carbocycles. The minimum atomic E-state index is -0.0589. The van der Waals surface area contributed by atoms with Gasteiger partial charge in [0.25, 0.3) is 0 Å². The highest BCUT2D eigenvalue weighted by molar-refractivity contribution is 7.98. The van der Waals surface area contributed by atoms with Crippen LogP contribution in [-0.2, 0) is 0 Å². The zero-order valence-electron chi connectivity index (χ0n) is 14.1. The minimum Gasteiger partial charge on any atom is -0.368 e. The summed E-state index contributed by atoms with van der Waals surface area (Å²) in [6.45, 7) is 2.92. The lowest BCUT2D eigenvalue weighted by atomic mass is 10.2. The second-order valence-electron chi connectivity index (χ2n) is 5.79. The monoisotopic (exact) mass is 352 g/mol. The molecule has 0 aromatic heterocycles. The zero-order valence-corrected chi connectivity index (χ0v) is 14.9. The third-order valence-corrected chi connectivity index (χ3v) is 5.01. The fourth-order valence-corrected chi connectivity index (χ4v) is 3.20. The molecule has 0 atom stereocenters. The van der Waals surface area contributed by atoms with Crippen LogP contribution < -0.4 is 10.2 Å². The number of amides is 2. The van der Waals surface area contributed by atoms with Crippen LogP contribution in [0.5, 0.6) is 0 Å². The highest BCUT2D eigenvalue weighted by Crippen LogP contribution is 2.19. The number of benzene rings is 2. The van der Waals surface area contributed by atoms with Gasteiger partial charge >= 0.3 is 6.03 Å². The summed E-state index contributed by atoms with van der Waals surface area (Å²) >= 11 is 1.68. The number of carbonyl (C=O) groups is 1. The van der Waals surface area contributed by atoms with E-state index in [0.29, 0.717) is 18.7 Å². The molecule has 0 bridgehead atoms. The lowest BCUT2D eigenvalue weighted by Gasteiger charge is -2.36. The van der Waals surface area contributed by atoms with Crippen LogP contribution in [-0.4, -0.2) is 43.4 Å². The first-order valence-corrected chi connectivity index (χ1v) is 9.37. The predicted molar refractivity (Wildman–Crippen MR) is 102 cm³/mol. The summed E-state index contributed by atoms with van der Waals surface area (Å²) in [7, 11) is 0. The van der Waals surface area contributed by atoms with E-state index in [1.165, 1.54) is 4.90 Å². The van der Waals surface area contributed by atoms with E-state index >= 15 is 0 Å². The smallest absolute Gasteiger partial charge is 0.321 e. The van der Waals surface area contributed by atoms with Gasteiger partial charge in [-0.2, -0.15) is 5.26 Å². The summed E-state index contributed by atoms with van der Waals surface area (Å²) in [5.74, 6) is 0. The number of nitrogens with zero attached hydrogens (tertiary/aromatic N) is 3. The summed E-state index contributed by atoms with van der Waals surface area (Å²) in [6, 6.07) is 17.5. The molecule has 1 fully saturated rings. The number of thioether (sulfide) groups is 1. The van der Waals surface area contributed by atoms with Crippen LogP contribution in [0.3, 0.4) is 0 Å². The van der Waals surface area contributed by atoms with Gasteiger partial charge in [-0.05, 0) is 54.8 Å². The molecule has 1 heterocycles. The van der Waals surface area contributed by atoms with Crippen molar-refractivity contribution >= 4 is 29.2 Å². The van der Waals surface area contributed by atoms with Gasteiger partial charge in [-0.15, -0.1) is 11.8 Å². The molecule has 0 radical (unpaired) electrons. The Bertz CT molecular complexity index is 760. The molecular formula is C19H20N4OS. The molecule has 2 amide bonds. The maximum atomic E-state index is 12.4. The van der Waals surface area contributed by atoms with Crippen molar-refractivity contribution in [1.29, 1.82) is 5.26 Å². The van der Waals surface area contributed by atoms with Crippen LogP contribution in [0.4, 0.5) is 16.2 Å². The summed E-state index contributed by atoms with van der Waals surface area (Å²) in [5.41, 5.74) is 2.57. The van der Waals surface area contributed by atoms with Crippen LogP contribution in [0, 0.1) is 11.3 Å².